The first-order valence-corrected chi connectivity index (χ1v) is 11.8. The van der Waals surface area contributed by atoms with E-state index < -0.39 is 30.1 Å². The molecule has 0 saturated carbocycles. The molecule has 4 rings (SSSR count). The molecular weight excluding hydrogens is 450 g/mol. The quantitative estimate of drug-likeness (QED) is 0.454. The maximum absolute atomic E-state index is 12.5. The summed E-state index contributed by atoms with van der Waals surface area (Å²) < 4.78 is 5.62. The smallest absolute Gasteiger partial charge is 0.407 e. The molecule has 1 fully saturated rings. The number of likely N-dealkylation sites (tertiary alicyclic amines) is 1. The maximum Gasteiger partial charge on any atom is 0.407 e. The van der Waals surface area contributed by atoms with E-state index in [0.717, 1.165) is 11.1 Å². The fourth-order valence-electron chi connectivity index (χ4n) is 4.75. The van der Waals surface area contributed by atoms with Crippen LogP contribution in [0.2, 0.25) is 0 Å². The second kappa shape index (κ2) is 10.5. The molecular formula is C26H31N3O6. The van der Waals surface area contributed by atoms with Gasteiger partial charge in [-0.15, -0.1) is 0 Å². The summed E-state index contributed by atoms with van der Waals surface area (Å²) >= 11 is 0. The number of carbonyl (C=O) groups is 3. The zero-order chi connectivity index (χ0) is 25.0. The highest BCUT2D eigenvalue weighted by Crippen LogP contribution is 2.44. The van der Waals surface area contributed by atoms with Crippen molar-refractivity contribution in [1.82, 2.24) is 15.5 Å². The summed E-state index contributed by atoms with van der Waals surface area (Å²) in [6.45, 7) is 2.00. The number of carboxylic acids is 1. The van der Waals surface area contributed by atoms with Crippen LogP contribution in [0.3, 0.4) is 0 Å². The molecule has 1 atom stereocenters. The van der Waals surface area contributed by atoms with Gasteiger partial charge in [0.25, 0.3) is 0 Å². The molecule has 9 nitrogen and oxygen atoms in total. The second-order valence-electron chi connectivity index (χ2n) is 9.36. The van der Waals surface area contributed by atoms with E-state index in [1.807, 2.05) is 29.2 Å². The molecule has 186 valence electrons. The van der Waals surface area contributed by atoms with Gasteiger partial charge in [-0.3, -0.25) is 9.69 Å². The Morgan fingerprint density at radius 1 is 1.03 bits per heavy atom. The van der Waals surface area contributed by atoms with Crippen molar-refractivity contribution in [3.05, 3.63) is 59.7 Å². The molecule has 2 aliphatic rings. The Morgan fingerprint density at radius 2 is 1.60 bits per heavy atom. The van der Waals surface area contributed by atoms with Crippen molar-refractivity contribution < 1.29 is 29.3 Å². The Labute approximate surface area is 204 Å². The first-order chi connectivity index (χ1) is 16.8. The van der Waals surface area contributed by atoms with Crippen LogP contribution in [0.1, 0.15) is 36.8 Å². The Bertz CT molecular complexity index is 1050. The number of benzene rings is 2. The topological polar surface area (TPSA) is 128 Å². The van der Waals surface area contributed by atoms with Gasteiger partial charge in [-0.25, -0.2) is 9.59 Å². The molecule has 0 spiro atoms. The summed E-state index contributed by atoms with van der Waals surface area (Å²) in [5.74, 6) is -1.75. The van der Waals surface area contributed by atoms with Gasteiger partial charge in [-0.2, -0.15) is 0 Å². The number of ether oxygens (including phenoxy) is 1. The van der Waals surface area contributed by atoms with Gasteiger partial charge < -0.3 is 25.6 Å². The van der Waals surface area contributed by atoms with Crippen molar-refractivity contribution in [2.75, 3.05) is 32.8 Å². The summed E-state index contributed by atoms with van der Waals surface area (Å²) in [7, 11) is 0. The molecule has 0 radical (unpaired) electrons. The lowest BCUT2D eigenvalue weighted by Gasteiger charge is -2.32. The first-order valence-electron chi connectivity index (χ1n) is 11.8. The monoisotopic (exact) mass is 481 g/mol. The standard InChI is InChI=1S/C26H31N3O6/c1-26(16-30,24(32)33)28-23(31)14-29-12-10-17(11-13-29)27-25(34)35-15-22-20-8-4-2-6-18(20)19-7-3-5-9-21(19)22/h2-9,17,22,30H,10-16H2,1H3,(H,27,34)(H,28,31)(H,32,33). The number of alkyl carbamates (subject to hydrolysis) is 1. The molecule has 2 aromatic rings. The fraction of sp³-hybridized carbons (Fsp3) is 0.423. The fourth-order valence-corrected chi connectivity index (χ4v) is 4.75. The van der Waals surface area contributed by atoms with E-state index >= 15 is 0 Å². The van der Waals surface area contributed by atoms with Gasteiger partial charge in [0.15, 0.2) is 5.54 Å². The number of aliphatic hydroxyl groups is 1. The Hall–Kier alpha value is -3.43. The predicted molar refractivity (Wildman–Crippen MR) is 129 cm³/mol. The number of aliphatic hydroxyl groups excluding tert-OH is 1. The molecule has 1 aliphatic heterocycles. The van der Waals surface area contributed by atoms with Gasteiger partial charge in [0.2, 0.25) is 5.91 Å². The number of carboxylic acid groups (broad SMARTS) is 1. The van der Waals surface area contributed by atoms with Crippen molar-refractivity contribution in [3.8, 4) is 11.1 Å². The normalized spacial score (nSPS) is 17.7. The Morgan fingerprint density at radius 3 is 2.14 bits per heavy atom. The van der Waals surface area contributed by atoms with Crippen LogP contribution in [0.5, 0.6) is 0 Å². The number of amides is 2. The third-order valence-corrected chi connectivity index (χ3v) is 6.82. The zero-order valence-electron chi connectivity index (χ0n) is 19.7. The summed E-state index contributed by atoms with van der Waals surface area (Å²) in [6, 6.07) is 16.3. The minimum absolute atomic E-state index is 0.00363. The molecule has 1 aliphatic carbocycles. The highest BCUT2D eigenvalue weighted by Gasteiger charge is 2.35. The number of fused-ring (bicyclic) bond motifs is 3. The van der Waals surface area contributed by atoms with Crippen LogP contribution in [-0.2, 0) is 14.3 Å². The van der Waals surface area contributed by atoms with Crippen LogP contribution in [-0.4, -0.2) is 77.5 Å². The molecule has 1 saturated heterocycles. The summed E-state index contributed by atoms with van der Waals surface area (Å²) in [5, 5.41) is 23.8. The number of hydrogen-bond donors (Lipinski definition) is 4. The number of aliphatic carboxylic acids is 1. The highest BCUT2D eigenvalue weighted by atomic mass is 16.5. The molecule has 9 heteroatoms. The van der Waals surface area contributed by atoms with Crippen LogP contribution < -0.4 is 10.6 Å². The van der Waals surface area contributed by atoms with Crippen LogP contribution in [0.15, 0.2) is 48.5 Å². The van der Waals surface area contributed by atoms with Gasteiger partial charge in [0, 0.05) is 25.0 Å². The van der Waals surface area contributed by atoms with Crippen molar-refractivity contribution in [2.24, 2.45) is 0 Å². The van der Waals surface area contributed by atoms with Crippen LogP contribution in [0, 0.1) is 0 Å². The van der Waals surface area contributed by atoms with E-state index in [9.17, 15) is 24.6 Å². The summed E-state index contributed by atoms with van der Waals surface area (Å²) in [6.07, 6.45) is 0.838. The van der Waals surface area contributed by atoms with E-state index in [2.05, 4.69) is 34.9 Å². The molecule has 0 aromatic heterocycles. The lowest BCUT2D eigenvalue weighted by Crippen LogP contribution is -2.57. The van der Waals surface area contributed by atoms with E-state index in [4.69, 9.17) is 4.74 Å². The minimum Gasteiger partial charge on any atom is -0.479 e. The summed E-state index contributed by atoms with van der Waals surface area (Å²) in [4.78, 5) is 37.9. The number of hydrogen-bond acceptors (Lipinski definition) is 6. The lowest BCUT2D eigenvalue weighted by molar-refractivity contribution is -0.148. The number of rotatable bonds is 8. The molecule has 1 heterocycles. The summed E-state index contributed by atoms with van der Waals surface area (Å²) in [5.41, 5.74) is 2.97. The SMILES string of the molecule is CC(CO)(NC(=O)CN1CCC(NC(=O)OCC2c3ccccc3-c3ccccc32)CC1)C(=O)O. The van der Waals surface area contributed by atoms with Crippen molar-refractivity contribution in [1.29, 1.82) is 0 Å². The van der Waals surface area contributed by atoms with Gasteiger partial charge in [0.05, 0.1) is 13.2 Å². The number of nitrogens with one attached hydrogen (secondary N) is 2. The van der Waals surface area contributed by atoms with E-state index in [0.29, 0.717) is 25.9 Å². The Balaban J connectivity index is 1.23. The van der Waals surface area contributed by atoms with Crippen LogP contribution >= 0.6 is 0 Å². The molecule has 2 amide bonds. The van der Waals surface area contributed by atoms with Gasteiger partial charge in [-0.1, -0.05) is 48.5 Å². The average molecular weight is 482 g/mol. The molecule has 35 heavy (non-hydrogen) atoms. The number of nitrogens with zero attached hydrogens (tertiary/aromatic N) is 1. The predicted octanol–water partition coefficient (Wildman–Crippen LogP) is 1.94. The van der Waals surface area contributed by atoms with Crippen LogP contribution in [0.25, 0.3) is 11.1 Å². The Kier molecular flexibility index (Phi) is 7.37. The third-order valence-electron chi connectivity index (χ3n) is 6.82. The van der Waals surface area contributed by atoms with Crippen LogP contribution in [0.4, 0.5) is 4.79 Å². The molecule has 1 unspecified atom stereocenters. The average Bonchev–Trinajstić information content (AvgIpc) is 3.17. The lowest BCUT2D eigenvalue weighted by atomic mass is 9.98. The van der Waals surface area contributed by atoms with E-state index in [1.165, 1.54) is 18.1 Å². The van der Waals surface area contributed by atoms with Crippen molar-refractivity contribution in [2.45, 2.75) is 37.3 Å². The largest absolute Gasteiger partial charge is 0.479 e. The first kappa shape index (κ1) is 24.7. The second-order valence-corrected chi connectivity index (χ2v) is 9.36. The maximum atomic E-state index is 12.5. The highest BCUT2D eigenvalue weighted by molar-refractivity contribution is 5.87. The van der Waals surface area contributed by atoms with Crippen molar-refractivity contribution in [3.63, 3.8) is 0 Å². The molecule has 2 aromatic carbocycles. The minimum atomic E-state index is -1.71. The molecule has 4 N–H and O–H groups in total. The van der Waals surface area contributed by atoms with Gasteiger partial charge >= 0.3 is 12.1 Å². The number of piperidine rings is 1. The third kappa shape index (κ3) is 5.47. The molecule has 0 bridgehead atoms. The van der Waals surface area contributed by atoms with E-state index in [-0.39, 0.29) is 25.1 Å². The van der Waals surface area contributed by atoms with Crippen molar-refractivity contribution >= 4 is 18.0 Å². The zero-order valence-corrected chi connectivity index (χ0v) is 19.7. The van der Waals surface area contributed by atoms with E-state index in [1.54, 1.807) is 0 Å². The number of carbonyl (C=O) groups excluding carboxylic acids is 2. The van der Waals surface area contributed by atoms with Gasteiger partial charge in [-0.05, 0) is 42.0 Å². The van der Waals surface area contributed by atoms with Gasteiger partial charge in [0.1, 0.15) is 6.61 Å².